The number of sulfone groups is 1. The third-order valence-electron chi connectivity index (χ3n) is 2.45. The van der Waals surface area contributed by atoms with Gasteiger partial charge in [-0.1, -0.05) is 6.92 Å². The van der Waals surface area contributed by atoms with Crippen molar-refractivity contribution in [1.82, 2.24) is 10.0 Å². The molecule has 0 spiro atoms. The summed E-state index contributed by atoms with van der Waals surface area (Å²) < 4.78 is 48.2. The minimum Gasteiger partial charge on any atom is -0.314 e. The summed E-state index contributed by atoms with van der Waals surface area (Å²) in [5.74, 6) is 0.111. The van der Waals surface area contributed by atoms with Crippen LogP contribution in [0, 0.1) is 0 Å². The lowest BCUT2D eigenvalue weighted by Gasteiger charge is -2.23. The lowest BCUT2D eigenvalue weighted by atomic mass is 10.4. The van der Waals surface area contributed by atoms with E-state index < -0.39 is 25.1 Å². The molecule has 1 rings (SSSR count). The maximum absolute atomic E-state index is 11.6. The molecule has 0 aromatic heterocycles. The van der Waals surface area contributed by atoms with Crippen LogP contribution in [0.1, 0.15) is 13.3 Å². The molecule has 16 heavy (non-hydrogen) atoms. The number of hydrogen-bond donors (Lipinski definition) is 2. The Balaban J connectivity index is 2.55. The fourth-order valence-corrected chi connectivity index (χ4v) is 4.24. The molecule has 1 saturated heterocycles. The number of hydrogen-bond acceptors (Lipinski definition) is 5. The summed E-state index contributed by atoms with van der Waals surface area (Å²) in [5.41, 5.74) is 0. The molecule has 0 bridgehead atoms. The van der Waals surface area contributed by atoms with Crippen LogP contribution in [-0.4, -0.2) is 53.2 Å². The minimum atomic E-state index is -3.32. The van der Waals surface area contributed by atoms with Crippen molar-refractivity contribution in [2.45, 2.75) is 18.6 Å². The summed E-state index contributed by atoms with van der Waals surface area (Å²) >= 11 is 0. The molecule has 0 saturated carbocycles. The Morgan fingerprint density at radius 2 is 2.12 bits per heavy atom. The molecular weight excluding hydrogens is 252 g/mol. The highest BCUT2D eigenvalue weighted by atomic mass is 32.2. The average Bonchev–Trinajstić information content (AvgIpc) is 2.15. The minimum absolute atomic E-state index is 0.0301. The fourth-order valence-electron chi connectivity index (χ4n) is 1.53. The van der Waals surface area contributed by atoms with E-state index in [1.807, 2.05) is 0 Å². The molecule has 1 fully saturated rings. The molecule has 1 unspecified atom stereocenters. The zero-order chi connectivity index (χ0) is 12.2. The molecular formula is C8H18N2O4S2. The third kappa shape index (κ3) is 4.00. The van der Waals surface area contributed by atoms with Gasteiger partial charge < -0.3 is 5.32 Å². The molecule has 6 nitrogen and oxygen atoms in total. The van der Waals surface area contributed by atoms with Gasteiger partial charge >= 0.3 is 0 Å². The van der Waals surface area contributed by atoms with E-state index in [2.05, 4.69) is 10.0 Å². The van der Waals surface area contributed by atoms with E-state index in [4.69, 9.17) is 0 Å². The van der Waals surface area contributed by atoms with E-state index in [9.17, 15) is 16.8 Å². The van der Waals surface area contributed by atoms with Crippen LogP contribution >= 0.6 is 0 Å². The van der Waals surface area contributed by atoms with Crippen LogP contribution in [0.4, 0.5) is 0 Å². The first kappa shape index (κ1) is 13.9. The maximum atomic E-state index is 11.6. The first-order valence-electron chi connectivity index (χ1n) is 5.27. The van der Waals surface area contributed by atoms with Crippen LogP contribution in [0.3, 0.4) is 0 Å². The second-order valence-electron chi connectivity index (χ2n) is 3.86. The predicted molar refractivity (Wildman–Crippen MR) is 62.5 cm³/mol. The van der Waals surface area contributed by atoms with Gasteiger partial charge in [0.2, 0.25) is 10.0 Å². The fraction of sp³-hybridized carbons (Fsp3) is 1.00. The molecule has 0 aromatic carbocycles. The van der Waals surface area contributed by atoms with Crippen LogP contribution in [0.25, 0.3) is 0 Å². The molecule has 0 aliphatic carbocycles. The smallest absolute Gasteiger partial charge is 0.211 e. The summed E-state index contributed by atoms with van der Waals surface area (Å²) in [6.07, 6.45) is 0.519. The van der Waals surface area contributed by atoms with Gasteiger partial charge in [0.15, 0.2) is 9.84 Å². The van der Waals surface area contributed by atoms with Crippen molar-refractivity contribution in [1.29, 1.82) is 0 Å². The average molecular weight is 270 g/mol. The van der Waals surface area contributed by atoms with E-state index in [0.717, 1.165) is 0 Å². The SMILES string of the molecule is CCCS(=O)(=O)NCC1CNCCS1(=O)=O. The predicted octanol–water partition coefficient (Wildman–Crippen LogP) is -1.30. The summed E-state index contributed by atoms with van der Waals surface area (Å²) in [4.78, 5) is 0. The van der Waals surface area contributed by atoms with Crippen LogP contribution < -0.4 is 10.0 Å². The summed E-state index contributed by atoms with van der Waals surface area (Å²) in [6.45, 7) is 2.49. The quantitative estimate of drug-likeness (QED) is 0.648. The van der Waals surface area contributed by atoms with Gasteiger partial charge in [-0.05, 0) is 6.42 Å². The van der Waals surface area contributed by atoms with Crippen LogP contribution in [0.15, 0.2) is 0 Å². The Morgan fingerprint density at radius 3 is 2.69 bits per heavy atom. The molecule has 1 aliphatic heterocycles. The van der Waals surface area contributed by atoms with Gasteiger partial charge in [-0.15, -0.1) is 0 Å². The highest BCUT2D eigenvalue weighted by molar-refractivity contribution is 7.92. The summed E-state index contributed by atoms with van der Waals surface area (Å²) in [6, 6.07) is 0. The van der Waals surface area contributed by atoms with Crippen molar-refractivity contribution in [2.24, 2.45) is 0 Å². The Labute approximate surface area is 96.8 Å². The van der Waals surface area contributed by atoms with Crippen LogP contribution in [0.5, 0.6) is 0 Å². The lowest BCUT2D eigenvalue weighted by molar-refractivity contribution is 0.536. The van der Waals surface area contributed by atoms with Gasteiger partial charge in [0, 0.05) is 19.6 Å². The molecule has 0 aromatic rings. The summed E-state index contributed by atoms with van der Waals surface area (Å²) in [5, 5.41) is 2.30. The Morgan fingerprint density at radius 1 is 1.44 bits per heavy atom. The van der Waals surface area contributed by atoms with Gasteiger partial charge in [0.05, 0.1) is 16.8 Å². The van der Waals surface area contributed by atoms with E-state index in [-0.39, 0.29) is 18.1 Å². The first-order chi connectivity index (χ1) is 7.37. The molecule has 1 atom stereocenters. The van der Waals surface area contributed by atoms with Crippen molar-refractivity contribution >= 4 is 19.9 Å². The van der Waals surface area contributed by atoms with Crippen molar-refractivity contribution in [3.8, 4) is 0 Å². The zero-order valence-corrected chi connectivity index (χ0v) is 10.9. The third-order valence-corrected chi connectivity index (χ3v) is 6.12. The van der Waals surface area contributed by atoms with E-state index in [1.165, 1.54) is 0 Å². The van der Waals surface area contributed by atoms with Gasteiger partial charge in [0.1, 0.15) is 0 Å². The Hall–Kier alpha value is -0.180. The van der Waals surface area contributed by atoms with Crippen molar-refractivity contribution in [3.63, 3.8) is 0 Å². The van der Waals surface area contributed by atoms with E-state index >= 15 is 0 Å². The highest BCUT2D eigenvalue weighted by Gasteiger charge is 2.29. The van der Waals surface area contributed by atoms with Crippen molar-refractivity contribution < 1.29 is 16.8 Å². The zero-order valence-electron chi connectivity index (χ0n) is 9.27. The van der Waals surface area contributed by atoms with Crippen LogP contribution in [-0.2, 0) is 19.9 Å². The Bertz CT molecular complexity index is 415. The van der Waals surface area contributed by atoms with Gasteiger partial charge in [-0.3, -0.25) is 0 Å². The largest absolute Gasteiger partial charge is 0.314 e. The summed E-state index contributed by atoms with van der Waals surface area (Å²) in [7, 11) is -6.47. The monoisotopic (exact) mass is 270 g/mol. The topological polar surface area (TPSA) is 92.3 Å². The van der Waals surface area contributed by atoms with Crippen molar-refractivity contribution in [2.75, 3.05) is 31.1 Å². The van der Waals surface area contributed by atoms with Gasteiger partial charge in [-0.25, -0.2) is 21.6 Å². The maximum Gasteiger partial charge on any atom is 0.211 e. The lowest BCUT2D eigenvalue weighted by Crippen LogP contribution is -2.49. The normalized spacial score (nSPS) is 25.4. The van der Waals surface area contributed by atoms with E-state index in [1.54, 1.807) is 6.92 Å². The van der Waals surface area contributed by atoms with Gasteiger partial charge in [-0.2, -0.15) is 0 Å². The second-order valence-corrected chi connectivity index (χ2v) is 8.19. The number of sulfonamides is 1. The van der Waals surface area contributed by atoms with Crippen LogP contribution in [0.2, 0.25) is 0 Å². The molecule has 0 radical (unpaired) electrons. The molecule has 96 valence electrons. The highest BCUT2D eigenvalue weighted by Crippen LogP contribution is 2.05. The first-order valence-corrected chi connectivity index (χ1v) is 8.64. The molecule has 2 N–H and O–H groups in total. The van der Waals surface area contributed by atoms with Gasteiger partial charge in [0.25, 0.3) is 0 Å². The Kier molecular flexibility index (Phi) is 4.72. The van der Waals surface area contributed by atoms with Crippen molar-refractivity contribution in [3.05, 3.63) is 0 Å². The molecule has 1 heterocycles. The number of rotatable bonds is 5. The molecule has 0 amide bonds. The van der Waals surface area contributed by atoms with E-state index in [0.29, 0.717) is 19.5 Å². The molecule has 8 heteroatoms. The second kappa shape index (κ2) is 5.44. The standard InChI is InChI=1S/C8H18N2O4S2/c1-2-4-16(13,14)10-7-8-6-9-3-5-15(8,11)12/h8-10H,2-7H2,1H3. The number of nitrogens with one attached hydrogen (secondary N) is 2. The molecule has 1 aliphatic rings.